The van der Waals surface area contributed by atoms with Gasteiger partial charge < -0.3 is 5.32 Å². The van der Waals surface area contributed by atoms with Crippen molar-refractivity contribution < 1.29 is 8.42 Å². The zero-order valence-corrected chi connectivity index (χ0v) is 16.3. The Hall–Kier alpha value is 0.530. The third kappa shape index (κ3) is 3.72. The van der Waals surface area contributed by atoms with E-state index in [1.165, 1.54) is 24.2 Å². The van der Waals surface area contributed by atoms with Gasteiger partial charge in [-0.25, -0.2) is 8.42 Å². The molecule has 1 aromatic heterocycles. The molecule has 0 aromatic carbocycles. The molecule has 1 atom stereocenters. The number of hydrogen-bond acceptors (Lipinski definition) is 4. The van der Waals surface area contributed by atoms with Crippen LogP contribution in [0.2, 0.25) is 0 Å². The van der Waals surface area contributed by atoms with Gasteiger partial charge in [0, 0.05) is 18.6 Å². The van der Waals surface area contributed by atoms with Gasteiger partial charge in [-0.15, -0.1) is 11.3 Å². The van der Waals surface area contributed by atoms with E-state index in [2.05, 4.69) is 37.2 Å². The van der Waals surface area contributed by atoms with Gasteiger partial charge in [0.15, 0.2) is 0 Å². The Morgan fingerprint density at radius 2 is 2.05 bits per heavy atom. The van der Waals surface area contributed by atoms with Gasteiger partial charge in [0.2, 0.25) is 10.0 Å². The molecule has 1 saturated heterocycles. The largest absolute Gasteiger partial charge is 0.313 e. The lowest BCUT2D eigenvalue weighted by Gasteiger charge is -2.30. The van der Waals surface area contributed by atoms with Crippen LogP contribution in [-0.4, -0.2) is 37.9 Å². The molecule has 0 spiro atoms. The quantitative estimate of drug-likeness (QED) is 0.735. The van der Waals surface area contributed by atoms with E-state index in [1.807, 2.05) is 0 Å². The molecule has 2 aliphatic rings. The molecule has 1 unspecified atom stereocenters. The van der Waals surface area contributed by atoms with Crippen LogP contribution >= 0.6 is 43.2 Å². The fourth-order valence-corrected chi connectivity index (χ4v) is 8.22. The Balaban J connectivity index is 1.84. The van der Waals surface area contributed by atoms with Crippen molar-refractivity contribution in [2.24, 2.45) is 0 Å². The van der Waals surface area contributed by atoms with E-state index in [9.17, 15) is 8.42 Å². The monoisotopic (exact) mass is 456 g/mol. The summed E-state index contributed by atoms with van der Waals surface area (Å²) in [7, 11) is -3.42. The smallest absolute Gasteiger partial charge is 0.245 e. The highest BCUT2D eigenvalue weighted by molar-refractivity contribution is 9.12. The van der Waals surface area contributed by atoms with E-state index in [1.54, 1.807) is 10.4 Å². The first-order valence-electron chi connectivity index (χ1n) is 7.18. The number of rotatable bonds is 5. The fourth-order valence-electron chi connectivity index (χ4n) is 2.73. The molecule has 4 nitrogen and oxygen atoms in total. The van der Waals surface area contributed by atoms with Crippen LogP contribution in [0.5, 0.6) is 0 Å². The first-order chi connectivity index (χ1) is 9.98. The van der Waals surface area contributed by atoms with Crippen LogP contribution in [0, 0.1) is 0 Å². The molecule has 1 saturated carbocycles. The van der Waals surface area contributed by atoms with Gasteiger partial charge in [0.1, 0.15) is 4.90 Å². The third-order valence-corrected chi connectivity index (χ3v) is 8.65. The lowest BCUT2D eigenvalue weighted by Crippen LogP contribution is -2.46. The second-order valence-corrected chi connectivity index (χ2v) is 11.2. The molecule has 1 aliphatic carbocycles. The number of hydrogen-bond donors (Lipinski definition) is 1. The van der Waals surface area contributed by atoms with E-state index < -0.39 is 10.0 Å². The molecule has 2 fully saturated rings. The summed E-state index contributed by atoms with van der Waals surface area (Å²) in [6.45, 7) is 1.59. The van der Waals surface area contributed by atoms with Crippen LogP contribution < -0.4 is 5.32 Å². The zero-order chi connectivity index (χ0) is 15.0. The fraction of sp³-hybridized carbons (Fsp3) is 0.692. The number of piperidine rings is 1. The molecular formula is C13H18Br2N2O2S2. The minimum Gasteiger partial charge on any atom is -0.313 e. The Bertz CT molecular complexity index is 608. The molecule has 0 bridgehead atoms. The predicted molar refractivity (Wildman–Crippen MR) is 92.3 cm³/mol. The minimum atomic E-state index is -3.42. The van der Waals surface area contributed by atoms with E-state index in [0.29, 0.717) is 15.2 Å². The molecule has 1 aromatic rings. The summed E-state index contributed by atoms with van der Waals surface area (Å²) in [5, 5.41) is 3.45. The molecular weight excluding hydrogens is 440 g/mol. The van der Waals surface area contributed by atoms with Crippen LogP contribution in [0.15, 0.2) is 18.5 Å². The Labute approximate surface area is 146 Å². The SMILES string of the molecule is O=S(=O)(c1cc(Br)sc1Br)N(CC1CCCCN1)C1CC1. The maximum absolute atomic E-state index is 13.0. The third-order valence-electron chi connectivity index (χ3n) is 3.98. The van der Waals surface area contributed by atoms with Gasteiger partial charge in [-0.1, -0.05) is 6.42 Å². The Morgan fingerprint density at radius 3 is 2.57 bits per heavy atom. The number of sulfonamides is 1. The van der Waals surface area contributed by atoms with E-state index >= 15 is 0 Å². The summed E-state index contributed by atoms with van der Waals surface area (Å²) in [6.07, 6.45) is 5.40. The molecule has 0 radical (unpaired) electrons. The van der Waals surface area contributed by atoms with Crippen LogP contribution in [0.1, 0.15) is 32.1 Å². The van der Waals surface area contributed by atoms with Crippen molar-refractivity contribution in [3.63, 3.8) is 0 Å². The lowest BCUT2D eigenvalue weighted by molar-refractivity contribution is 0.307. The molecule has 0 amide bonds. The summed E-state index contributed by atoms with van der Waals surface area (Å²) in [5.41, 5.74) is 0. The summed E-state index contributed by atoms with van der Waals surface area (Å²) in [4.78, 5) is 0.391. The van der Waals surface area contributed by atoms with Gasteiger partial charge >= 0.3 is 0 Å². The first-order valence-corrected chi connectivity index (χ1v) is 11.0. The molecule has 1 N–H and O–H groups in total. The van der Waals surface area contributed by atoms with Crippen molar-refractivity contribution in [1.82, 2.24) is 9.62 Å². The zero-order valence-electron chi connectivity index (χ0n) is 11.5. The van der Waals surface area contributed by atoms with Crippen molar-refractivity contribution >= 4 is 53.2 Å². The molecule has 3 rings (SSSR count). The van der Waals surface area contributed by atoms with E-state index in [-0.39, 0.29) is 12.1 Å². The van der Waals surface area contributed by atoms with Crippen molar-refractivity contribution in [2.75, 3.05) is 13.1 Å². The molecule has 8 heteroatoms. The summed E-state index contributed by atoms with van der Waals surface area (Å²) >= 11 is 8.16. The van der Waals surface area contributed by atoms with E-state index in [4.69, 9.17) is 0 Å². The van der Waals surface area contributed by atoms with Gasteiger partial charge in [0.05, 0.1) is 7.57 Å². The van der Waals surface area contributed by atoms with Crippen molar-refractivity contribution in [3.8, 4) is 0 Å². The van der Waals surface area contributed by atoms with Crippen LogP contribution in [0.25, 0.3) is 0 Å². The van der Waals surface area contributed by atoms with Crippen LogP contribution in [0.4, 0.5) is 0 Å². The highest BCUT2D eigenvalue weighted by Gasteiger charge is 2.40. The minimum absolute atomic E-state index is 0.185. The normalized spacial score (nSPS) is 23.7. The maximum Gasteiger partial charge on any atom is 0.245 e. The second kappa shape index (κ2) is 6.57. The topological polar surface area (TPSA) is 49.4 Å². The maximum atomic E-state index is 13.0. The van der Waals surface area contributed by atoms with Crippen molar-refractivity contribution in [3.05, 3.63) is 13.6 Å². The van der Waals surface area contributed by atoms with Crippen LogP contribution in [-0.2, 0) is 10.0 Å². The standard InChI is InChI=1S/C13H18Br2N2O2S2/c14-12-7-11(13(15)20-12)21(18,19)17(10-4-5-10)8-9-3-1-2-6-16-9/h7,9-10,16H,1-6,8H2. The van der Waals surface area contributed by atoms with Gasteiger partial charge in [-0.05, 0) is 70.2 Å². The Morgan fingerprint density at radius 1 is 1.29 bits per heavy atom. The summed E-state index contributed by atoms with van der Waals surface area (Å²) in [6, 6.07) is 2.17. The average molecular weight is 458 g/mol. The number of nitrogens with zero attached hydrogens (tertiary/aromatic N) is 1. The molecule has 118 valence electrons. The van der Waals surface area contributed by atoms with Crippen molar-refractivity contribution in [1.29, 1.82) is 0 Å². The Kier molecular flexibility index (Phi) is 5.13. The molecule has 1 aliphatic heterocycles. The highest BCUT2D eigenvalue weighted by Crippen LogP contribution is 2.39. The predicted octanol–water partition coefficient (Wildman–Crippen LogP) is 3.57. The number of thiophene rings is 1. The average Bonchev–Trinajstić information content (AvgIpc) is 3.21. The van der Waals surface area contributed by atoms with Gasteiger partial charge in [-0.3, -0.25) is 0 Å². The molecule has 21 heavy (non-hydrogen) atoms. The molecule has 2 heterocycles. The highest BCUT2D eigenvalue weighted by atomic mass is 79.9. The van der Waals surface area contributed by atoms with Crippen molar-refractivity contribution in [2.45, 2.75) is 49.1 Å². The number of halogens is 2. The summed E-state index contributed by atoms with van der Waals surface area (Å²) < 4.78 is 29.2. The summed E-state index contributed by atoms with van der Waals surface area (Å²) in [5.74, 6) is 0. The number of nitrogens with one attached hydrogen (secondary N) is 1. The second-order valence-electron chi connectivity index (χ2n) is 5.64. The first kappa shape index (κ1) is 16.4. The van der Waals surface area contributed by atoms with E-state index in [0.717, 1.165) is 29.6 Å². The lowest BCUT2D eigenvalue weighted by atomic mass is 10.1. The van der Waals surface area contributed by atoms with Crippen LogP contribution in [0.3, 0.4) is 0 Å². The van der Waals surface area contributed by atoms with Gasteiger partial charge in [0.25, 0.3) is 0 Å². The van der Waals surface area contributed by atoms with Gasteiger partial charge in [-0.2, -0.15) is 4.31 Å².